The van der Waals surface area contributed by atoms with Crippen molar-refractivity contribution in [3.63, 3.8) is 0 Å². The summed E-state index contributed by atoms with van der Waals surface area (Å²) >= 11 is 0. The van der Waals surface area contributed by atoms with Crippen LogP contribution in [0.25, 0.3) is 0 Å². The number of benzene rings is 1. The molecule has 1 aromatic rings. The van der Waals surface area contributed by atoms with Gasteiger partial charge in [0.15, 0.2) is 0 Å². The van der Waals surface area contributed by atoms with E-state index in [0.717, 1.165) is 11.1 Å². The minimum atomic E-state index is -0.630. The highest BCUT2D eigenvalue weighted by molar-refractivity contribution is 6.13. The summed E-state index contributed by atoms with van der Waals surface area (Å²) in [7, 11) is 0. The predicted octanol–water partition coefficient (Wildman–Crippen LogP) is 2.18. The van der Waals surface area contributed by atoms with E-state index in [0.29, 0.717) is 5.56 Å². The molecule has 3 nitrogen and oxygen atoms in total. The van der Waals surface area contributed by atoms with Gasteiger partial charge in [-0.25, -0.2) is 0 Å². The third kappa shape index (κ3) is 1.49. The van der Waals surface area contributed by atoms with Gasteiger partial charge < -0.3 is 0 Å². The summed E-state index contributed by atoms with van der Waals surface area (Å²) in [6, 6.07) is 5.58. The summed E-state index contributed by atoms with van der Waals surface area (Å²) < 4.78 is 0. The molecule has 1 unspecified atom stereocenters. The van der Waals surface area contributed by atoms with Gasteiger partial charge in [-0.15, -0.1) is 0 Å². The molecule has 90 valence electrons. The maximum Gasteiger partial charge on any atom is 0.258 e. The maximum absolute atomic E-state index is 12.2. The van der Waals surface area contributed by atoms with Crippen LogP contribution in [0.1, 0.15) is 42.3 Å². The van der Waals surface area contributed by atoms with Gasteiger partial charge in [0.1, 0.15) is 0 Å². The molecular weight excluding hydrogens is 214 g/mol. The first-order chi connectivity index (χ1) is 7.89. The van der Waals surface area contributed by atoms with Gasteiger partial charge in [-0.1, -0.05) is 26.0 Å². The SMILES string of the molecule is Cc1cccc2c1C(C)(C(C)C)C(=O)NC2=O. The number of hydrogen-bond acceptors (Lipinski definition) is 2. The number of amides is 2. The number of imide groups is 1. The van der Waals surface area contributed by atoms with E-state index in [4.69, 9.17) is 0 Å². The monoisotopic (exact) mass is 231 g/mol. The van der Waals surface area contributed by atoms with Crippen molar-refractivity contribution in [2.75, 3.05) is 0 Å². The molecule has 0 bridgehead atoms. The molecule has 2 rings (SSSR count). The van der Waals surface area contributed by atoms with Crippen molar-refractivity contribution < 1.29 is 9.59 Å². The minimum absolute atomic E-state index is 0.135. The number of rotatable bonds is 1. The third-order valence-electron chi connectivity index (χ3n) is 3.89. The van der Waals surface area contributed by atoms with Crippen molar-refractivity contribution in [2.24, 2.45) is 5.92 Å². The van der Waals surface area contributed by atoms with Gasteiger partial charge in [-0.2, -0.15) is 0 Å². The number of hydrogen-bond donors (Lipinski definition) is 1. The molecule has 17 heavy (non-hydrogen) atoms. The lowest BCUT2D eigenvalue weighted by Crippen LogP contribution is -2.53. The van der Waals surface area contributed by atoms with Gasteiger partial charge >= 0.3 is 0 Å². The van der Waals surface area contributed by atoms with Crippen LogP contribution in [0.4, 0.5) is 0 Å². The average Bonchev–Trinajstić information content (AvgIpc) is 2.25. The Kier molecular flexibility index (Phi) is 2.57. The zero-order valence-electron chi connectivity index (χ0n) is 10.6. The molecule has 2 amide bonds. The van der Waals surface area contributed by atoms with Crippen LogP contribution in [0.3, 0.4) is 0 Å². The molecule has 0 fully saturated rings. The third-order valence-corrected chi connectivity index (χ3v) is 3.89. The van der Waals surface area contributed by atoms with Crippen molar-refractivity contribution >= 4 is 11.8 Å². The number of aryl methyl sites for hydroxylation is 1. The minimum Gasteiger partial charge on any atom is -0.292 e. The lowest BCUT2D eigenvalue weighted by atomic mass is 9.67. The Balaban J connectivity index is 2.78. The molecule has 0 spiro atoms. The number of carbonyl (C=O) groups excluding carboxylic acids is 2. The molecule has 0 saturated carbocycles. The fourth-order valence-electron chi connectivity index (χ4n) is 2.51. The topological polar surface area (TPSA) is 46.2 Å². The Labute approximate surface area is 101 Å². The van der Waals surface area contributed by atoms with Crippen LogP contribution in [0.2, 0.25) is 0 Å². The van der Waals surface area contributed by atoms with Crippen molar-refractivity contribution in [1.82, 2.24) is 5.32 Å². The van der Waals surface area contributed by atoms with Gasteiger partial charge in [0.05, 0.1) is 5.41 Å². The van der Waals surface area contributed by atoms with E-state index in [1.807, 2.05) is 39.8 Å². The molecule has 1 aliphatic heterocycles. The molecule has 0 radical (unpaired) electrons. The molecule has 0 aromatic heterocycles. The number of nitrogens with one attached hydrogen (secondary N) is 1. The highest BCUT2D eigenvalue weighted by Gasteiger charge is 2.45. The summed E-state index contributed by atoms with van der Waals surface area (Å²) in [5.41, 5.74) is 1.88. The zero-order chi connectivity index (χ0) is 12.8. The quantitative estimate of drug-likeness (QED) is 0.753. The highest BCUT2D eigenvalue weighted by Crippen LogP contribution is 2.38. The van der Waals surface area contributed by atoms with E-state index in [9.17, 15) is 9.59 Å². The van der Waals surface area contributed by atoms with Crippen molar-refractivity contribution in [1.29, 1.82) is 0 Å². The van der Waals surface area contributed by atoms with E-state index < -0.39 is 5.41 Å². The zero-order valence-corrected chi connectivity index (χ0v) is 10.6. The van der Waals surface area contributed by atoms with E-state index in [1.54, 1.807) is 6.07 Å². The van der Waals surface area contributed by atoms with Gasteiger partial charge in [-0.3, -0.25) is 14.9 Å². The van der Waals surface area contributed by atoms with Crippen molar-refractivity contribution in [3.05, 3.63) is 34.9 Å². The standard InChI is InChI=1S/C14H17NO2/c1-8(2)14(4)11-9(3)6-5-7-10(11)12(16)15-13(14)17/h5-8H,1-4H3,(H,15,16,17). The first-order valence-corrected chi connectivity index (χ1v) is 5.85. The van der Waals surface area contributed by atoms with Crippen molar-refractivity contribution in [2.45, 2.75) is 33.1 Å². The summed E-state index contributed by atoms with van der Waals surface area (Å²) in [5, 5.41) is 2.46. The Hall–Kier alpha value is -1.64. The Morgan fingerprint density at radius 1 is 1.24 bits per heavy atom. The molecule has 1 N–H and O–H groups in total. The van der Waals surface area contributed by atoms with E-state index >= 15 is 0 Å². The molecule has 1 atom stereocenters. The first kappa shape index (κ1) is 11.8. The smallest absolute Gasteiger partial charge is 0.258 e. The van der Waals surface area contributed by atoms with Crippen LogP contribution in [-0.2, 0) is 10.2 Å². The molecule has 0 aliphatic carbocycles. The molecule has 1 heterocycles. The van der Waals surface area contributed by atoms with Crippen LogP contribution in [-0.4, -0.2) is 11.8 Å². The second kappa shape index (κ2) is 3.69. The van der Waals surface area contributed by atoms with Crippen LogP contribution < -0.4 is 5.32 Å². The molecule has 0 saturated heterocycles. The number of fused-ring (bicyclic) bond motifs is 1. The largest absolute Gasteiger partial charge is 0.292 e. The lowest BCUT2D eigenvalue weighted by Gasteiger charge is -2.38. The van der Waals surface area contributed by atoms with Gasteiger partial charge in [0, 0.05) is 5.56 Å². The lowest BCUT2D eigenvalue weighted by molar-refractivity contribution is -0.127. The van der Waals surface area contributed by atoms with Crippen molar-refractivity contribution in [3.8, 4) is 0 Å². The van der Waals surface area contributed by atoms with E-state index in [2.05, 4.69) is 5.32 Å². The average molecular weight is 231 g/mol. The molecule has 1 aromatic carbocycles. The normalized spacial score (nSPS) is 23.6. The van der Waals surface area contributed by atoms with Crippen LogP contribution in [0, 0.1) is 12.8 Å². The summed E-state index contributed by atoms with van der Waals surface area (Å²) in [4.78, 5) is 24.0. The Bertz CT molecular complexity index is 505. The summed E-state index contributed by atoms with van der Waals surface area (Å²) in [5.74, 6) is -0.346. The first-order valence-electron chi connectivity index (χ1n) is 5.85. The second-order valence-corrected chi connectivity index (χ2v) is 5.14. The number of carbonyl (C=O) groups is 2. The fraction of sp³-hybridized carbons (Fsp3) is 0.429. The second-order valence-electron chi connectivity index (χ2n) is 5.14. The molecule has 1 aliphatic rings. The van der Waals surface area contributed by atoms with Gasteiger partial charge in [0.2, 0.25) is 5.91 Å². The van der Waals surface area contributed by atoms with E-state index in [-0.39, 0.29) is 17.7 Å². The Morgan fingerprint density at radius 3 is 2.47 bits per heavy atom. The van der Waals surface area contributed by atoms with Crippen LogP contribution >= 0.6 is 0 Å². The maximum atomic E-state index is 12.2. The molecular formula is C14H17NO2. The van der Waals surface area contributed by atoms with E-state index in [1.165, 1.54) is 0 Å². The summed E-state index contributed by atoms with van der Waals surface area (Å²) in [6.07, 6.45) is 0. The Morgan fingerprint density at radius 2 is 1.88 bits per heavy atom. The fourth-order valence-corrected chi connectivity index (χ4v) is 2.51. The van der Waals surface area contributed by atoms with Gasteiger partial charge in [0.25, 0.3) is 5.91 Å². The van der Waals surface area contributed by atoms with Crippen LogP contribution in [0.15, 0.2) is 18.2 Å². The summed E-state index contributed by atoms with van der Waals surface area (Å²) in [6.45, 7) is 7.87. The molecule has 3 heteroatoms. The predicted molar refractivity (Wildman–Crippen MR) is 65.8 cm³/mol. The van der Waals surface area contributed by atoms with Gasteiger partial charge in [-0.05, 0) is 37.0 Å². The highest BCUT2D eigenvalue weighted by atomic mass is 16.2. The van der Waals surface area contributed by atoms with Crippen LogP contribution in [0.5, 0.6) is 0 Å².